The van der Waals surface area contributed by atoms with Crippen molar-refractivity contribution in [3.63, 3.8) is 0 Å². The molecule has 1 fully saturated rings. The standard InChI is InChI=1S/C15H27N3S/c1-5-16-10-14-6-8-18(9-7-14)12(3)15-11(2)17-13(4)19-15/h12,14,16H,5-10H2,1-4H3. The Morgan fingerprint density at radius 3 is 2.58 bits per heavy atom. The number of nitrogens with one attached hydrogen (secondary N) is 1. The van der Waals surface area contributed by atoms with Gasteiger partial charge in [0.25, 0.3) is 0 Å². The van der Waals surface area contributed by atoms with Crippen LogP contribution in [0.15, 0.2) is 0 Å². The van der Waals surface area contributed by atoms with E-state index in [9.17, 15) is 0 Å². The molecule has 1 unspecified atom stereocenters. The molecule has 1 aliphatic heterocycles. The molecule has 1 aromatic heterocycles. The molecule has 1 N–H and O–H groups in total. The number of thiazole rings is 1. The number of likely N-dealkylation sites (tertiary alicyclic amines) is 1. The molecule has 0 saturated carbocycles. The van der Waals surface area contributed by atoms with E-state index in [0.717, 1.165) is 12.5 Å². The SMILES string of the molecule is CCNCC1CCN(C(C)c2sc(C)nc2C)CC1. The molecule has 0 aromatic carbocycles. The summed E-state index contributed by atoms with van der Waals surface area (Å²) < 4.78 is 0. The second-order valence-corrected chi connectivity index (χ2v) is 6.88. The summed E-state index contributed by atoms with van der Waals surface area (Å²) in [6.07, 6.45) is 2.66. The minimum Gasteiger partial charge on any atom is -0.317 e. The van der Waals surface area contributed by atoms with E-state index < -0.39 is 0 Å². The molecule has 0 radical (unpaired) electrons. The zero-order valence-corrected chi connectivity index (χ0v) is 13.5. The summed E-state index contributed by atoms with van der Waals surface area (Å²) in [7, 11) is 0. The molecule has 4 heteroatoms. The zero-order valence-electron chi connectivity index (χ0n) is 12.7. The maximum atomic E-state index is 4.56. The van der Waals surface area contributed by atoms with Gasteiger partial charge in [-0.05, 0) is 65.7 Å². The Bertz CT molecular complexity index is 394. The van der Waals surface area contributed by atoms with E-state index in [0.29, 0.717) is 6.04 Å². The first kappa shape index (κ1) is 14.9. The van der Waals surface area contributed by atoms with E-state index >= 15 is 0 Å². The van der Waals surface area contributed by atoms with Crippen LogP contribution in [0.25, 0.3) is 0 Å². The van der Waals surface area contributed by atoms with E-state index in [2.05, 4.69) is 42.9 Å². The first-order valence-electron chi connectivity index (χ1n) is 7.50. The van der Waals surface area contributed by atoms with Crippen molar-refractivity contribution in [2.75, 3.05) is 26.2 Å². The third-order valence-electron chi connectivity index (χ3n) is 4.20. The molecule has 0 amide bonds. The Morgan fingerprint density at radius 1 is 1.37 bits per heavy atom. The third kappa shape index (κ3) is 3.77. The Balaban J connectivity index is 1.89. The highest BCUT2D eigenvalue weighted by atomic mass is 32.1. The summed E-state index contributed by atoms with van der Waals surface area (Å²) in [5, 5.41) is 4.68. The smallest absolute Gasteiger partial charge is 0.0900 e. The van der Waals surface area contributed by atoms with Gasteiger partial charge in [-0.25, -0.2) is 4.98 Å². The molecule has 1 aliphatic rings. The van der Waals surface area contributed by atoms with Crippen molar-refractivity contribution in [2.24, 2.45) is 5.92 Å². The van der Waals surface area contributed by atoms with E-state index in [1.54, 1.807) is 0 Å². The minimum absolute atomic E-state index is 0.534. The van der Waals surface area contributed by atoms with Crippen LogP contribution in [0.2, 0.25) is 0 Å². The fourth-order valence-electron chi connectivity index (χ4n) is 2.99. The van der Waals surface area contributed by atoms with Crippen LogP contribution >= 0.6 is 11.3 Å². The van der Waals surface area contributed by atoms with E-state index in [1.807, 2.05) is 11.3 Å². The second kappa shape index (κ2) is 6.82. The molecule has 108 valence electrons. The van der Waals surface area contributed by atoms with Crippen LogP contribution < -0.4 is 5.32 Å². The molecule has 0 spiro atoms. The predicted octanol–water partition coefficient (Wildman–Crippen LogP) is 3.14. The molecule has 1 aromatic rings. The Morgan fingerprint density at radius 2 is 2.05 bits per heavy atom. The van der Waals surface area contributed by atoms with Crippen LogP contribution in [0.3, 0.4) is 0 Å². The van der Waals surface area contributed by atoms with Gasteiger partial charge in [0.15, 0.2) is 0 Å². The van der Waals surface area contributed by atoms with Gasteiger partial charge >= 0.3 is 0 Å². The highest BCUT2D eigenvalue weighted by Gasteiger charge is 2.25. The van der Waals surface area contributed by atoms with Crippen molar-refractivity contribution >= 4 is 11.3 Å². The van der Waals surface area contributed by atoms with Crippen LogP contribution in [-0.2, 0) is 0 Å². The largest absolute Gasteiger partial charge is 0.317 e. The number of nitrogens with zero attached hydrogens (tertiary/aromatic N) is 2. The lowest BCUT2D eigenvalue weighted by Gasteiger charge is -2.35. The maximum absolute atomic E-state index is 4.56. The van der Waals surface area contributed by atoms with Crippen molar-refractivity contribution in [3.05, 3.63) is 15.6 Å². The average Bonchev–Trinajstić information content (AvgIpc) is 2.75. The van der Waals surface area contributed by atoms with Crippen molar-refractivity contribution < 1.29 is 0 Å². The normalized spacial score (nSPS) is 19.8. The summed E-state index contributed by atoms with van der Waals surface area (Å²) in [5.74, 6) is 0.868. The van der Waals surface area contributed by atoms with Gasteiger partial charge in [0.1, 0.15) is 0 Å². The Hall–Kier alpha value is -0.450. The van der Waals surface area contributed by atoms with Crippen molar-refractivity contribution in [3.8, 4) is 0 Å². The summed E-state index contributed by atoms with van der Waals surface area (Å²) in [6.45, 7) is 13.5. The minimum atomic E-state index is 0.534. The van der Waals surface area contributed by atoms with Gasteiger partial charge in [0.2, 0.25) is 0 Å². The van der Waals surface area contributed by atoms with E-state index in [-0.39, 0.29) is 0 Å². The number of aryl methyl sites for hydroxylation is 2. The van der Waals surface area contributed by atoms with Crippen LogP contribution in [0.4, 0.5) is 0 Å². The molecule has 19 heavy (non-hydrogen) atoms. The number of aromatic nitrogens is 1. The van der Waals surface area contributed by atoms with Crippen LogP contribution in [0.5, 0.6) is 0 Å². The molecule has 2 rings (SSSR count). The van der Waals surface area contributed by atoms with Gasteiger partial charge in [-0.2, -0.15) is 0 Å². The lowest BCUT2D eigenvalue weighted by Crippen LogP contribution is -2.38. The molecule has 0 aliphatic carbocycles. The van der Waals surface area contributed by atoms with Crippen molar-refractivity contribution in [1.82, 2.24) is 15.2 Å². The van der Waals surface area contributed by atoms with Crippen molar-refractivity contribution in [1.29, 1.82) is 0 Å². The molecular weight excluding hydrogens is 254 g/mol. The topological polar surface area (TPSA) is 28.2 Å². The quantitative estimate of drug-likeness (QED) is 0.898. The molecule has 1 saturated heterocycles. The monoisotopic (exact) mass is 281 g/mol. The summed E-state index contributed by atoms with van der Waals surface area (Å²) >= 11 is 1.87. The molecule has 1 atom stereocenters. The highest BCUT2D eigenvalue weighted by molar-refractivity contribution is 7.11. The maximum Gasteiger partial charge on any atom is 0.0900 e. The number of hydrogen-bond donors (Lipinski definition) is 1. The number of hydrogen-bond acceptors (Lipinski definition) is 4. The summed E-state index contributed by atoms with van der Waals surface area (Å²) in [5.41, 5.74) is 1.23. The third-order valence-corrected chi connectivity index (χ3v) is 5.44. The van der Waals surface area contributed by atoms with Gasteiger partial charge in [0, 0.05) is 10.9 Å². The zero-order chi connectivity index (χ0) is 13.8. The fourth-order valence-corrected chi connectivity index (χ4v) is 4.01. The average molecular weight is 281 g/mol. The van der Waals surface area contributed by atoms with Crippen LogP contribution in [-0.4, -0.2) is 36.1 Å². The van der Waals surface area contributed by atoms with Gasteiger partial charge in [0.05, 0.1) is 10.7 Å². The van der Waals surface area contributed by atoms with Gasteiger partial charge in [-0.1, -0.05) is 6.92 Å². The highest BCUT2D eigenvalue weighted by Crippen LogP contribution is 2.31. The second-order valence-electron chi connectivity index (χ2n) is 5.65. The molecular formula is C15H27N3S. The van der Waals surface area contributed by atoms with Crippen molar-refractivity contribution in [2.45, 2.75) is 46.6 Å². The fraction of sp³-hybridized carbons (Fsp3) is 0.800. The molecule has 3 nitrogen and oxygen atoms in total. The van der Waals surface area contributed by atoms with Crippen LogP contribution in [0, 0.1) is 19.8 Å². The lowest BCUT2D eigenvalue weighted by molar-refractivity contribution is 0.141. The lowest BCUT2D eigenvalue weighted by atomic mass is 9.95. The summed E-state index contributed by atoms with van der Waals surface area (Å²) in [6, 6.07) is 0.534. The van der Waals surface area contributed by atoms with Crippen LogP contribution in [0.1, 0.15) is 48.3 Å². The number of piperidine rings is 1. The number of rotatable bonds is 5. The summed E-state index contributed by atoms with van der Waals surface area (Å²) in [4.78, 5) is 8.65. The Kier molecular flexibility index (Phi) is 5.37. The molecule has 2 heterocycles. The van der Waals surface area contributed by atoms with E-state index in [1.165, 1.54) is 48.1 Å². The van der Waals surface area contributed by atoms with Gasteiger partial charge in [-0.3, -0.25) is 4.90 Å². The molecule has 0 bridgehead atoms. The van der Waals surface area contributed by atoms with Gasteiger partial charge < -0.3 is 5.32 Å². The first-order chi connectivity index (χ1) is 9.11. The van der Waals surface area contributed by atoms with Gasteiger partial charge in [-0.15, -0.1) is 11.3 Å². The first-order valence-corrected chi connectivity index (χ1v) is 8.32. The Labute approximate surface area is 121 Å². The van der Waals surface area contributed by atoms with E-state index in [4.69, 9.17) is 0 Å². The predicted molar refractivity (Wildman–Crippen MR) is 82.8 cm³/mol.